The average molecular weight is 367 g/mol. The quantitative estimate of drug-likeness (QED) is 0.415. The summed E-state index contributed by atoms with van der Waals surface area (Å²) in [5.41, 5.74) is 3.39. The summed E-state index contributed by atoms with van der Waals surface area (Å²) < 4.78 is 0. The molecular weight excluding hydrogens is 345 g/mol. The Morgan fingerprint density at radius 3 is 1.70 bits per heavy atom. The summed E-state index contributed by atoms with van der Waals surface area (Å²) in [7, 11) is -0.378. The molecule has 0 amide bonds. The van der Waals surface area contributed by atoms with Crippen molar-refractivity contribution in [3.05, 3.63) is 115 Å². The molecule has 4 aromatic rings. The Morgan fingerprint density at radius 2 is 1.11 bits per heavy atom. The zero-order chi connectivity index (χ0) is 18.3. The number of aryl methyl sites for hydroxylation is 1. The van der Waals surface area contributed by atoms with Gasteiger partial charge in [-0.05, 0) is 43.2 Å². The van der Waals surface area contributed by atoms with Crippen LogP contribution in [0.4, 0.5) is 0 Å². The first kappa shape index (κ1) is 17.6. The molecule has 1 heterocycles. The highest BCUT2D eigenvalue weighted by Crippen LogP contribution is 2.34. The Balaban J connectivity index is 1.57. The van der Waals surface area contributed by atoms with Crippen LogP contribution in [0.25, 0.3) is 11.3 Å². The minimum atomic E-state index is -0.378. The first-order chi connectivity index (χ1) is 13.4. The van der Waals surface area contributed by atoms with Crippen molar-refractivity contribution in [1.29, 1.82) is 0 Å². The molecule has 132 valence electrons. The molecule has 0 bridgehead atoms. The maximum Gasteiger partial charge on any atom is 0.0705 e. The molecule has 4 rings (SSSR count). The number of benzene rings is 3. The molecule has 0 unspecified atom stereocenters. The van der Waals surface area contributed by atoms with Crippen LogP contribution in [-0.2, 0) is 6.42 Å². The molecule has 0 fully saturated rings. The summed E-state index contributed by atoms with van der Waals surface area (Å²) in [5, 5.41) is 2.86. The molecule has 0 aliphatic rings. The third-order valence-electron chi connectivity index (χ3n) is 4.60. The van der Waals surface area contributed by atoms with Gasteiger partial charge in [0.05, 0.1) is 5.69 Å². The molecule has 0 aliphatic carbocycles. The smallest absolute Gasteiger partial charge is 0.0705 e. The van der Waals surface area contributed by atoms with Crippen LogP contribution in [0.2, 0.25) is 0 Å². The lowest BCUT2D eigenvalue weighted by Gasteiger charge is -2.18. The lowest BCUT2D eigenvalue weighted by atomic mass is 10.1. The minimum Gasteiger partial charge on any atom is -0.253 e. The third kappa shape index (κ3) is 4.51. The number of pyridine rings is 1. The zero-order valence-electron chi connectivity index (χ0n) is 15.2. The van der Waals surface area contributed by atoms with Gasteiger partial charge < -0.3 is 0 Å². The van der Waals surface area contributed by atoms with Gasteiger partial charge in [-0.3, -0.25) is 4.98 Å². The van der Waals surface area contributed by atoms with Crippen molar-refractivity contribution in [2.45, 2.75) is 6.42 Å². The fraction of sp³-hybridized carbons (Fsp3) is 0.0800. The van der Waals surface area contributed by atoms with Crippen LogP contribution in [0.5, 0.6) is 0 Å². The molecule has 0 aliphatic heterocycles. The van der Waals surface area contributed by atoms with Crippen LogP contribution in [0.15, 0.2) is 109 Å². The van der Waals surface area contributed by atoms with E-state index in [9.17, 15) is 0 Å². The van der Waals surface area contributed by atoms with E-state index in [0.29, 0.717) is 0 Å². The maximum atomic E-state index is 4.91. The Morgan fingerprint density at radius 1 is 0.556 bits per heavy atom. The number of nitrogens with zero attached hydrogens (tertiary/aromatic N) is 1. The summed E-state index contributed by atoms with van der Waals surface area (Å²) in [6, 6.07) is 38.5. The Hall–Kier alpha value is -2.76. The summed E-state index contributed by atoms with van der Waals surface area (Å²) in [6.45, 7) is 0. The van der Waals surface area contributed by atoms with Gasteiger partial charge in [-0.2, -0.15) is 0 Å². The molecule has 27 heavy (non-hydrogen) atoms. The highest BCUT2D eigenvalue weighted by molar-refractivity contribution is 7.73. The fourth-order valence-electron chi connectivity index (χ4n) is 3.24. The predicted octanol–water partition coefficient (Wildman–Crippen LogP) is 5.42. The van der Waals surface area contributed by atoms with Gasteiger partial charge in [0.15, 0.2) is 0 Å². The van der Waals surface area contributed by atoms with E-state index in [1.165, 1.54) is 16.2 Å². The predicted molar refractivity (Wildman–Crippen MR) is 117 cm³/mol. The summed E-state index contributed by atoms with van der Waals surface area (Å²) >= 11 is 0. The molecule has 1 aromatic heterocycles. The van der Waals surface area contributed by atoms with E-state index in [4.69, 9.17) is 4.98 Å². The number of aromatic nitrogens is 1. The van der Waals surface area contributed by atoms with E-state index in [2.05, 4.69) is 103 Å². The van der Waals surface area contributed by atoms with Crippen molar-refractivity contribution in [3.63, 3.8) is 0 Å². The normalized spacial score (nSPS) is 10.9. The third-order valence-corrected chi connectivity index (χ3v) is 7.12. The molecule has 3 aromatic carbocycles. The van der Waals surface area contributed by atoms with Gasteiger partial charge in [0.1, 0.15) is 0 Å². The second-order valence-corrected chi connectivity index (χ2v) is 8.79. The maximum absolute atomic E-state index is 4.91. The fourth-order valence-corrected chi connectivity index (χ4v) is 5.57. The van der Waals surface area contributed by atoms with Gasteiger partial charge in [-0.25, -0.2) is 0 Å². The van der Waals surface area contributed by atoms with Crippen LogP contribution in [0.3, 0.4) is 0 Å². The number of hydrogen-bond donors (Lipinski definition) is 0. The molecule has 0 saturated heterocycles. The largest absolute Gasteiger partial charge is 0.253 e. The summed E-state index contributed by atoms with van der Waals surface area (Å²) in [6.07, 6.45) is 2.09. The van der Waals surface area contributed by atoms with Crippen LogP contribution in [-0.4, -0.2) is 11.1 Å². The van der Waals surface area contributed by atoms with Crippen LogP contribution in [0, 0.1) is 0 Å². The summed E-state index contributed by atoms with van der Waals surface area (Å²) in [4.78, 5) is 4.91. The van der Waals surface area contributed by atoms with Crippen LogP contribution in [0.1, 0.15) is 5.69 Å². The zero-order valence-corrected chi connectivity index (χ0v) is 16.1. The lowest BCUT2D eigenvalue weighted by Crippen LogP contribution is -2.15. The van der Waals surface area contributed by atoms with Crippen LogP contribution < -0.4 is 10.6 Å². The highest BCUT2D eigenvalue weighted by atomic mass is 31.1. The van der Waals surface area contributed by atoms with E-state index in [-0.39, 0.29) is 7.92 Å². The minimum absolute atomic E-state index is 0.378. The Bertz CT molecular complexity index is 929. The molecule has 0 saturated carbocycles. The van der Waals surface area contributed by atoms with E-state index in [0.717, 1.165) is 24.0 Å². The van der Waals surface area contributed by atoms with E-state index in [1.54, 1.807) is 0 Å². The van der Waals surface area contributed by atoms with Crippen molar-refractivity contribution in [3.8, 4) is 11.3 Å². The number of hydrogen-bond acceptors (Lipinski definition) is 1. The molecular formula is C25H22NP. The van der Waals surface area contributed by atoms with E-state index in [1.807, 2.05) is 6.07 Å². The van der Waals surface area contributed by atoms with Crippen molar-refractivity contribution in [1.82, 2.24) is 4.98 Å². The standard InChI is InChI=1S/C25H22NP/c1-4-11-21(12-5-1)25-18-10-13-22(26-25)19-20-27(23-14-6-2-7-15-23)24-16-8-3-9-17-24/h1-18H,19-20H2. The Labute approximate surface area is 162 Å². The molecule has 2 heteroatoms. The van der Waals surface area contributed by atoms with Gasteiger partial charge >= 0.3 is 0 Å². The topological polar surface area (TPSA) is 12.9 Å². The summed E-state index contributed by atoms with van der Waals surface area (Å²) in [5.74, 6) is 0. The first-order valence-electron chi connectivity index (χ1n) is 9.29. The van der Waals surface area contributed by atoms with Crippen molar-refractivity contribution < 1.29 is 0 Å². The highest BCUT2D eigenvalue weighted by Gasteiger charge is 2.14. The molecule has 0 radical (unpaired) electrons. The second-order valence-electron chi connectivity index (χ2n) is 6.45. The molecule has 0 atom stereocenters. The van der Waals surface area contributed by atoms with Crippen molar-refractivity contribution in [2.24, 2.45) is 0 Å². The monoisotopic (exact) mass is 367 g/mol. The van der Waals surface area contributed by atoms with Gasteiger partial charge in [-0.1, -0.05) is 97.1 Å². The molecule has 0 N–H and O–H groups in total. The van der Waals surface area contributed by atoms with Gasteiger partial charge in [0.25, 0.3) is 0 Å². The van der Waals surface area contributed by atoms with Crippen molar-refractivity contribution in [2.75, 3.05) is 6.16 Å². The van der Waals surface area contributed by atoms with Crippen LogP contribution >= 0.6 is 7.92 Å². The van der Waals surface area contributed by atoms with Crippen molar-refractivity contribution >= 4 is 18.5 Å². The van der Waals surface area contributed by atoms with Gasteiger partial charge in [-0.15, -0.1) is 0 Å². The molecule has 1 nitrogen and oxygen atoms in total. The molecule has 0 spiro atoms. The van der Waals surface area contributed by atoms with E-state index >= 15 is 0 Å². The van der Waals surface area contributed by atoms with Gasteiger partial charge in [0, 0.05) is 11.3 Å². The Kier molecular flexibility index (Phi) is 5.72. The second kappa shape index (κ2) is 8.75. The SMILES string of the molecule is c1ccc(-c2cccc(CCP(c3ccccc3)c3ccccc3)n2)cc1. The number of rotatable bonds is 6. The first-order valence-corrected chi connectivity index (χ1v) is 10.8. The lowest BCUT2D eigenvalue weighted by molar-refractivity contribution is 1.05. The average Bonchev–Trinajstić information content (AvgIpc) is 2.76. The van der Waals surface area contributed by atoms with Gasteiger partial charge in [0.2, 0.25) is 0 Å². The van der Waals surface area contributed by atoms with E-state index < -0.39 is 0 Å².